The third-order valence-corrected chi connectivity index (χ3v) is 13.3. The van der Waals surface area contributed by atoms with Gasteiger partial charge in [0.1, 0.15) is 36.2 Å². The van der Waals surface area contributed by atoms with Gasteiger partial charge in [0.15, 0.2) is 0 Å². The van der Waals surface area contributed by atoms with Crippen molar-refractivity contribution >= 4 is 133 Å². The fourth-order valence-corrected chi connectivity index (χ4v) is 10.2. The minimum atomic E-state index is 0.243. The van der Waals surface area contributed by atoms with E-state index in [1.807, 2.05) is 72.8 Å². The van der Waals surface area contributed by atoms with E-state index in [0.29, 0.717) is 52.9 Å². The maximum absolute atomic E-state index is 11.5. The van der Waals surface area contributed by atoms with E-state index in [2.05, 4.69) is 139 Å². The number of benzene rings is 8. The van der Waals surface area contributed by atoms with E-state index >= 15 is 0 Å². The topological polar surface area (TPSA) is 86.6 Å². The monoisotopic (exact) mass is 1230 g/mol. The number of hydrogen-bond acceptors (Lipinski definition) is 7. The minimum Gasteiger partial charge on any atom is -0.506 e. The molecule has 0 heterocycles. The van der Waals surface area contributed by atoms with Crippen molar-refractivity contribution in [1.82, 2.24) is 0 Å². The van der Waals surface area contributed by atoms with Crippen LogP contribution in [0, 0.1) is 14.3 Å². The van der Waals surface area contributed by atoms with Gasteiger partial charge in [-0.2, -0.15) is 0 Å². The van der Waals surface area contributed by atoms with E-state index in [1.165, 1.54) is 0 Å². The van der Waals surface area contributed by atoms with Gasteiger partial charge in [-0.15, -0.1) is 0 Å². The van der Waals surface area contributed by atoms with Gasteiger partial charge < -0.3 is 33.9 Å². The van der Waals surface area contributed by atoms with Crippen LogP contribution in [-0.2, 0) is 14.2 Å². The van der Waals surface area contributed by atoms with Gasteiger partial charge in [0.25, 0.3) is 0 Å². The lowest BCUT2D eigenvalue weighted by molar-refractivity contribution is 0.00498. The van der Waals surface area contributed by atoms with Crippen molar-refractivity contribution in [2.45, 2.75) is 0 Å². The molecule has 8 aromatic rings. The minimum absolute atomic E-state index is 0.243. The zero-order valence-corrected chi connectivity index (χ0v) is 40.3. The summed E-state index contributed by atoms with van der Waals surface area (Å²) in [5.74, 6) is 1.93. The second-order valence-electron chi connectivity index (χ2n) is 13.7. The van der Waals surface area contributed by atoms with Gasteiger partial charge in [-0.05, 0) is 158 Å². The molecular weight excluding hydrogens is 1200 g/mol. The van der Waals surface area contributed by atoms with Crippen molar-refractivity contribution in [2.75, 3.05) is 52.9 Å². The summed E-state index contributed by atoms with van der Waals surface area (Å²) < 4.78 is 33.9. The van der Waals surface area contributed by atoms with Crippen LogP contribution in [0.5, 0.6) is 23.0 Å². The molecule has 8 aromatic carbocycles. The number of fused-ring (bicyclic) bond motifs is 4. The first kappa shape index (κ1) is 42.5. The van der Waals surface area contributed by atoms with Gasteiger partial charge in [-0.1, -0.05) is 97.1 Å². The van der Waals surface area contributed by atoms with Crippen molar-refractivity contribution in [3.8, 4) is 45.3 Å². The normalized spacial score (nSPS) is 11.6. The van der Waals surface area contributed by atoms with Crippen LogP contribution in [-0.4, -0.2) is 63.1 Å². The Balaban J connectivity index is 0.831. The molecule has 0 spiro atoms. The Morgan fingerprint density at radius 3 is 0.949 bits per heavy atom. The van der Waals surface area contributed by atoms with Crippen LogP contribution in [0.25, 0.3) is 65.3 Å². The average Bonchev–Trinajstić information content (AvgIpc) is 3.24. The highest BCUT2D eigenvalue weighted by Crippen LogP contribution is 2.50. The molecule has 0 radical (unpaired) electrons. The molecule has 0 saturated heterocycles. The van der Waals surface area contributed by atoms with Crippen molar-refractivity contribution in [2.24, 2.45) is 0 Å². The Morgan fingerprint density at radius 2 is 0.610 bits per heavy atom. The average molecular weight is 1230 g/mol. The van der Waals surface area contributed by atoms with Gasteiger partial charge in [0, 0.05) is 22.3 Å². The van der Waals surface area contributed by atoms with E-state index < -0.39 is 0 Å². The number of ether oxygens (including phenoxy) is 5. The Bertz CT molecular complexity index is 2620. The first-order chi connectivity index (χ1) is 28.8. The third-order valence-electron chi connectivity index (χ3n) is 10.1. The molecule has 0 atom stereocenters. The quantitative estimate of drug-likeness (QED) is 0.0736. The molecule has 0 amide bonds. The fourth-order valence-electron chi connectivity index (χ4n) is 7.43. The summed E-state index contributed by atoms with van der Waals surface area (Å²) >= 11 is 9.03. The van der Waals surface area contributed by atoms with E-state index in [9.17, 15) is 10.2 Å². The van der Waals surface area contributed by atoms with Gasteiger partial charge in [0.2, 0.25) is 0 Å². The first-order valence-corrected chi connectivity index (χ1v) is 23.4. The van der Waals surface area contributed by atoms with Crippen molar-refractivity contribution in [1.29, 1.82) is 0 Å². The van der Waals surface area contributed by atoms with Gasteiger partial charge in [0.05, 0.1) is 53.9 Å². The second kappa shape index (κ2) is 19.7. The molecule has 59 heavy (non-hydrogen) atoms. The summed E-state index contributed by atoms with van der Waals surface area (Å²) in [6.07, 6.45) is 0. The van der Waals surface area contributed by atoms with E-state index in [4.69, 9.17) is 23.7 Å². The van der Waals surface area contributed by atoms with Crippen LogP contribution in [0.4, 0.5) is 0 Å². The molecule has 11 heteroatoms. The standard InChI is InChI=1S/C48H38I4O7/c49-37-25-29-9-1-5-13-33(29)41(45(37)53)43-35-15-7-3-11-31(35)27-39(51)47(43)58-23-21-56-19-17-55-18-20-57-22-24-59-48-40(52)28-32-12-4-8-16-36(32)44(48)42-34-14-6-2-10-30(34)26-38(50)46(42)54/h1-16,25-28,53-54H,17-24H2. The highest BCUT2D eigenvalue weighted by atomic mass is 127. The lowest BCUT2D eigenvalue weighted by Crippen LogP contribution is -2.15. The largest absolute Gasteiger partial charge is 0.506 e. The summed E-state index contributed by atoms with van der Waals surface area (Å²) in [4.78, 5) is 0. The molecule has 300 valence electrons. The fraction of sp³-hybridized carbons (Fsp3) is 0.167. The van der Waals surface area contributed by atoms with Crippen molar-refractivity contribution < 1.29 is 33.9 Å². The highest BCUT2D eigenvalue weighted by Gasteiger charge is 2.24. The van der Waals surface area contributed by atoms with Crippen LogP contribution in [0.15, 0.2) is 121 Å². The summed E-state index contributed by atoms with van der Waals surface area (Å²) in [6, 6.07) is 40.9. The number of rotatable bonds is 16. The van der Waals surface area contributed by atoms with Crippen LogP contribution in [0.2, 0.25) is 0 Å². The molecule has 0 aromatic heterocycles. The first-order valence-electron chi connectivity index (χ1n) is 19.0. The molecule has 2 N–H and O–H groups in total. The SMILES string of the molecule is Oc1c(I)cc2ccccc2c1-c1c(OCCOCCOCCOCCOc2c(I)cc3ccccc3c2-c2c(O)c(I)cc3ccccc23)c(I)cc2ccccc12. The maximum atomic E-state index is 11.5. The predicted molar refractivity (Wildman–Crippen MR) is 271 cm³/mol. The molecule has 0 aliphatic carbocycles. The molecule has 0 aliphatic rings. The lowest BCUT2D eigenvalue weighted by atomic mass is 9.92. The Kier molecular flexibility index (Phi) is 14.2. The highest BCUT2D eigenvalue weighted by molar-refractivity contribution is 14.1. The zero-order valence-electron chi connectivity index (χ0n) is 31.7. The molecule has 0 saturated carbocycles. The van der Waals surface area contributed by atoms with Gasteiger partial charge >= 0.3 is 0 Å². The van der Waals surface area contributed by atoms with Crippen molar-refractivity contribution in [3.05, 3.63) is 136 Å². The smallest absolute Gasteiger partial charge is 0.141 e. The van der Waals surface area contributed by atoms with Crippen LogP contribution < -0.4 is 9.47 Å². The number of aromatic hydroxyl groups is 2. The Morgan fingerprint density at radius 1 is 0.339 bits per heavy atom. The molecular formula is C48H38I4O7. The number of halogens is 4. The van der Waals surface area contributed by atoms with Gasteiger partial charge in [-0.3, -0.25) is 0 Å². The molecule has 7 nitrogen and oxygen atoms in total. The van der Waals surface area contributed by atoms with E-state index in [-0.39, 0.29) is 11.5 Å². The van der Waals surface area contributed by atoms with Crippen molar-refractivity contribution in [3.63, 3.8) is 0 Å². The molecule has 0 aliphatic heterocycles. The predicted octanol–water partition coefficient (Wildman–Crippen LogP) is 13.0. The number of phenolic OH excluding ortho intramolecular Hbond substituents is 2. The third kappa shape index (κ3) is 9.21. The van der Waals surface area contributed by atoms with Gasteiger partial charge in [-0.25, -0.2) is 0 Å². The molecule has 0 fully saturated rings. The summed E-state index contributed by atoms with van der Waals surface area (Å²) in [7, 11) is 0. The molecule has 0 bridgehead atoms. The summed E-state index contributed by atoms with van der Waals surface area (Å²) in [6.45, 7) is 3.11. The Labute approximate surface area is 396 Å². The van der Waals surface area contributed by atoms with Crippen LogP contribution in [0.1, 0.15) is 0 Å². The Hall–Kier alpha value is -3.20. The summed E-state index contributed by atoms with van der Waals surface area (Å²) in [5.41, 5.74) is 3.29. The maximum Gasteiger partial charge on any atom is 0.141 e. The summed E-state index contributed by atoms with van der Waals surface area (Å²) in [5, 5.41) is 31.1. The lowest BCUT2D eigenvalue weighted by Gasteiger charge is -2.20. The molecule has 8 rings (SSSR count). The number of phenols is 2. The molecule has 0 unspecified atom stereocenters. The van der Waals surface area contributed by atoms with E-state index in [0.717, 1.165) is 91.1 Å². The van der Waals surface area contributed by atoms with Crippen LogP contribution in [0.3, 0.4) is 0 Å². The number of hydrogen-bond donors (Lipinski definition) is 2. The van der Waals surface area contributed by atoms with E-state index in [1.54, 1.807) is 0 Å². The van der Waals surface area contributed by atoms with Crippen LogP contribution >= 0.6 is 90.4 Å². The second-order valence-corrected chi connectivity index (χ2v) is 18.4. The zero-order chi connectivity index (χ0) is 40.9.